The lowest BCUT2D eigenvalue weighted by atomic mass is 9.97. The molecule has 5 nitrogen and oxygen atoms in total. The first-order chi connectivity index (χ1) is 13.3. The van der Waals surface area contributed by atoms with Crippen LogP contribution in [0, 0.1) is 0 Å². The number of hydrogen-bond acceptors (Lipinski definition) is 4. The second-order valence-corrected chi connectivity index (χ2v) is 8.63. The van der Waals surface area contributed by atoms with Crippen LogP contribution in [0.5, 0.6) is 0 Å². The molecule has 2 aliphatic carbocycles. The lowest BCUT2D eigenvalue weighted by Gasteiger charge is -2.20. The number of para-hydroxylation sites is 1. The topological polar surface area (TPSA) is 59.8 Å². The van der Waals surface area contributed by atoms with Gasteiger partial charge >= 0.3 is 0 Å². The summed E-state index contributed by atoms with van der Waals surface area (Å²) in [7, 11) is 0. The highest BCUT2D eigenvalue weighted by Crippen LogP contribution is 2.41. The fourth-order valence-electron chi connectivity index (χ4n) is 3.80. The van der Waals surface area contributed by atoms with E-state index in [-0.39, 0.29) is 5.91 Å². The maximum Gasteiger partial charge on any atom is 0.230 e. The molecule has 0 unspecified atom stereocenters. The number of aromatic nitrogens is 3. The number of nitrogens with zero attached hydrogens (tertiary/aromatic N) is 3. The Balaban J connectivity index is 1.40. The molecule has 1 N–H and O–H groups in total. The number of amides is 1. The van der Waals surface area contributed by atoms with Crippen LogP contribution < -0.4 is 5.32 Å². The van der Waals surface area contributed by atoms with Crippen LogP contribution in [0.25, 0.3) is 5.69 Å². The van der Waals surface area contributed by atoms with E-state index in [1.807, 2.05) is 18.2 Å². The molecule has 2 aliphatic rings. The Labute approximate surface area is 165 Å². The normalized spacial score (nSPS) is 18.7. The summed E-state index contributed by atoms with van der Waals surface area (Å²) < 4.78 is 2.13. The Bertz CT molecular complexity index is 749. The van der Waals surface area contributed by atoms with E-state index in [1.165, 1.54) is 56.7 Å². The third-order valence-corrected chi connectivity index (χ3v) is 6.35. The number of thioether (sulfide) groups is 1. The van der Waals surface area contributed by atoms with Crippen LogP contribution in [0.2, 0.25) is 0 Å². The van der Waals surface area contributed by atoms with E-state index in [1.54, 1.807) is 0 Å². The van der Waals surface area contributed by atoms with Crippen LogP contribution in [0.1, 0.15) is 69.5 Å². The van der Waals surface area contributed by atoms with Gasteiger partial charge in [-0.25, -0.2) is 0 Å². The van der Waals surface area contributed by atoms with E-state index in [2.05, 4.69) is 32.2 Å². The van der Waals surface area contributed by atoms with Gasteiger partial charge < -0.3 is 5.32 Å². The summed E-state index contributed by atoms with van der Waals surface area (Å²) in [6.07, 6.45) is 11.0. The lowest BCUT2D eigenvalue weighted by molar-refractivity contribution is -0.119. The predicted molar refractivity (Wildman–Crippen MR) is 108 cm³/mol. The van der Waals surface area contributed by atoms with Crippen molar-refractivity contribution in [3.8, 4) is 5.69 Å². The van der Waals surface area contributed by atoms with E-state index in [9.17, 15) is 4.79 Å². The maximum absolute atomic E-state index is 12.5. The van der Waals surface area contributed by atoms with Gasteiger partial charge in [0.15, 0.2) is 5.16 Å². The summed E-state index contributed by atoms with van der Waals surface area (Å²) in [5.74, 6) is 2.05. The van der Waals surface area contributed by atoms with Crippen molar-refractivity contribution in [2.75, 3.05) is 5.75 Å². The second kappa shape index (κ2) is 8.91. The molecular weight excluding hydrogens is 356 g/mol. The molecule has 1 aromatic heterocycles. The van der Waals surface area contributed by atoms with E-state index in [4.69, 9.17) is 0 Å². The van der Waals surface area contributed by atoms with Crippen LogP contribution in [0.4, 0.5) is 0 Å². The molecule has 0 saturated heterocycles. The molecule has 1 amide bonds. The Kier molecular flexibility index (Phi) is 6.12. The van der Waals surface area contributed by atoms with Crippen molar-refractivity contribution >= 4 is 17.7 Å². The maximum atomic E-state index is 12.5. The van der Waals surface area contributed by atoms with E-state index >= 15 is 0 Å². The number of carbonyl (C=O) groups excluding carboxylic acids is 1. The molecule has 27 heavy (non-hydrogen) atoms. The Morgan fingerprint density at radius 2 is 1.70 bits per heavy atom. The minimum absolute atomic E-state index is 0.112. The van der Waals surface area contributed by atoms with Crippen LogP contribution >= 0.6 is 11.8 Å². The molecule has 4 rings (SSSR count). The summed E-state index contributed by atoms with van der Waals surface area (Å²) in [4.78, 5) is 12.5. The summed E-state index contributed by atoms with van der Waals surface area (Å²) in [6.45, 7) is 0. The third kappa shape index (κ3) is 4.92. The summed E-state index contributed by atoms with van der Waals surface area (Å²) in [5.41, 5.74) is 1.08. The number of nitrogens with one attached hydrogen (secondary N) is 1. The minimum atomic E-state index is 0.112. The van der Waals surface area contributed by atoms with Gasteiger partial charge in [0.2, 0.25) is 5.91 Å². The molecule has 0 aliphatic heterocycles. The largest absolute Gasteiger partial charge is 0.353 e. The number of hydrogen-bond donors (Lipinski definition) is 1. The van der Waals surface area contributed by atoms with E-state index < -0.39 is 0 Å². The van der Waals surface area contributed by atoms with Gasteiger partial charge in [-0.1, -0.05) is 62.1 Å². The van der Waals surface area contributed by atoms with Crippen LogP contribution in [0.3, 0.4) is 0 Å². The lowest BCUT2D eigenvalue weighted by Crippen LogP contribution is -2.36. The highest BCUT2D eigenvalue weighted by Gasteiger charge is 2.31. The summed E-state index contributed by atoms with van der Waals surface area (Å²) in [5, 5.41) is 12.9. The van der Waals surface area contributed by atoms with Gasteiger partial charge in [0.1, 0.15) is 5.82 Å². The Morgan fingerprint density at radius 3 is 2.41 bits per heavy atom. The average Bonchev–Trinajstić information content (AvgIpc) is 3.42. The van der Waals surface area contributed by atoms with Gasteiger partial charge in [-0.05, 0) is 37.8 Å². The van der Waals surface area contributed by atoms with Crippen LogP contribution in [0.15, 0.2) is 35.5 Å². The molecule has 2 saturated carbocycles. The minimum Gasteiger partial charge on any atom is -0.353 e. The third-order valence-electron chi connectivity index (χ3n) is 5.42. The second-order valence-electron chi connectivity index (χ2n) is 7.68. The zero-order chi connectivity index (χ0) is 18.5. The molecule has 0 radical (unpaired) electrons. The monoisotopic (exact) mass is 384 g/mol. The number of rotatable bonds is 6. The van der Waals surface area contributed by atoms with Crippen molar-refractivity contribution in [3.05, 3.63) is 36.2 Å². The van der Waals surface area contributed by atoms with Gasteiger partial charge in [0, 0.05) is 17.6 Å². The first-order valence-corrected chi connectivity index (χ1v) is 11.2. The van der Waals surface area contributed by atoms with Crippen molar-refractivity contribution < 1.29 is 4.79 Å². The van der Waals surface area contributed by atoms with Crippen molar-refractivity contribution in [3.63, 3.8) is 0 Å². The van der Waals surface area contributed by atoms with Gasteiger partial charge in [-0.3, -0.25) is 9.36 Å². The van der Waals surface area contributed by atoms with Gasteiger partial charge in [-0.15, -0.1) is 10.2 Å². The standard InChI is InChI=1S/C21H28N4OS/c26-19(22-17-9-5-2-1-3-6-10-17)15-27-21-24-23-20(16-13-14-16)25(21)18-11-7-4-8-12-18/h4,7-8,11-12,16-17H,1-3,5-6,9-10,13-15H2,(H,22,26). The molecular formula is C21H28N4OS. The van der Waals surface area contributed by atoms with Crippen LogP contribution in [-0.4, -0.2) is 32.5 Å². The molecule has 2 fully saturated rings. The van der Waals surface area contributed by atoms with Gasteiger partial charge in [0.05, 0.1) is 5.75 Å². The molecule has 6 heteroatoms. The molecule has 1 aromatic carbocycles. The van der Waals surface area contributed by atoms with Crippen molar-refractivity contribution in [2.24, 2.45) is 0 Å². The van der Waals surface area contributed by atoms with E-state index in [0.717, 1.165) is 29.5 Å². The Hall–Kier alpha value is -1.82. The highest BCUT2D eigenvalue weighted by atomic mass is 32.2. The first kappa shape index (κ1) is 18.5. The molecule has 0 bridgehead atoms. The summed E-state index contributed by atoms with van der Waals surface area (Å²) >= 11 is 1.49. The van der Waals surface area contributed by atoms with E-state index in [0.29, 0.717) is 17.7 Å². The molecule has 0 atom stereocenters. The average molecular weight is 385 g/mol. The van der Waals surface area contributed by atoms with Crippen molar-refractivity contribution in [2.45, 2.75) is 74.9 Å². The predicted octanol–water partition coefficient (Wildman–Crippen LogP) is 4.47. The highest BCUT2D eigenvalue weighted by molar-refractivity contribution is 7.99. The van der Waals surface area contributed by atoms with Gasteiger partial charge in [0.25, 0.3) is 0 Å². The zero-order valence-corrected chi connectivity index (χ0v) is 16.6. The molecule has 2 aromatic rings. The smallest absolute Gasteiger partial charge is 0.230 e. The first-order valence-electron chi connectivity index (χ1n) is 10.2. The summed E-state index contributed by atoms with van der Waals surface area (Å²) in [6, 6.07) is 10.6. The Morgan fingerprint density at radius 1 is 1.00 bits per heavy atom. The zero-order valence-electron chi connectivity index (χ0n) is 15.8. The van der Waals surface area contributed by atoms with Crippen LogP contribution in [-0.2, 0) is 4.79 Å². The van der Waals surface area contributed by atoms with Gasteiger partial charge in [-0.2, -0.15) is 0 Å². The number of carbonyl (C=O) groups is 1. The van der Waals surface area contributed by atoms with Crippen molar-refractivity contribution in [1.82, 2.24) is 20.1 Å². The molecule has 144 valence electrons. The fraction of sp³-hybridized carbons (Fsp3) is 0.571. The number of benzene rings is 1. The SMILES string of the molecule is O=C(CSc1nnc(C2CC2)n1-c1ccccc1)NC1CCCCCCC1. The molecule has 0 spiro atoms. The molecule has 1 heterocycles. The quantitative estimate of drug-likeness (QED) is 0.747. The van der Waals surface area contributed by atoms with Crippen molar-refractivity contribution in [1.29, 1.82) is 0 Å². The fourth-order valence-corrected chi connectivity index (χ4v) is 4.57.